The van der Waals surface area contributed by atoms with E-state index in [0.29, 0.717) is 28.6 Å². The fourth-order valence-corrected chi connectivity index (χ4v) is 3.04. The third kappa shape index (κ3) is 4.26. The SMILES string of the molecule is COc1ccc(OC)c(N2/C(=N/c3nc(C)cc(C)n3)NC(=O)C[C@H]2C(=O)[O-])c1. The Hall–Kier alpha value is -3.69. The van der Waals surface area contributed by atoms with Crippen LogP contribution in [-0.2, 0) is 9.59 Å². The van der Waals surface area contributed by atoms with Gasteiger partial charge in [-0.1, -0.05) is 0 Å². The number of aliphatic imine (C=N–C) groups is 1. The number of nitrogens with zero attached hydrogens (tertiary/aromatic N) is 4. The van der Waals surface area contributed by atoms with Gasteiger partial charge in [-0.15, -0.1) is 0 Å². The summed E-state index contributed by atoms with van der Waals surface area (Å²) in [5, 5.41) is 14.4. The van der Waals surface area contributed by atoms with Gasteiger partial charge >= 0.3 is 0 Å². The summed E-state index contributed by atoms with van der Waals surface area (Å²) in [6.07, 6.45) is -0.324. The Balaban J connectivity index is 2.20. The standard InChI is InChI=1S/C19H21N5O5/c1-10-7-11(2)21-18(20-10)23-19-22-16(25)9-14(17(26)27)24(19)13-8-12(28-3)5-6-15(13)29-4/h5-8,14H,9H2,1-4H3,(H,26,27)(H,20,21,22,23,25)/p-1/t14-/m0/s1. The molecule has 0 saturated carbocycles. The predicted molar refractivity (Wildman–Crippen MR) is 102 cm³/mol. The van der Waals surface area contributed by atoms with E-state index < -0.39 is 17.9 Å². The lowest BCUT2D eigenvalue weighted by Gasteiger charge is -2.38. The molecule has 2 aromatic rings. The summed E-state index contributed by atoms with van der Waals surface area (Å²) < 4.78 is 10.6. The van der Waals surface area contributed by atoms with Gasteiger partial charge in [0.1, 0.15) is 11.5 Å². The number of nitrogens with one attached hydrogen (secondary N) is 1. The average molecular weight is 398 g/mol. The van der Waals surface area contributed by atoms with Crippen molar-refractivity contribution in [2.45, 2.75) is 26.3 Å². The van der Waals surface area contributed by atoms with Crippen molar-refractivity contribution >= 4 is 29.5 Å². The first-order chi connectivity index (χ1) is 13.8. The van der Waals surface area contributed by atoms with E-state index in [1.807, 2.05) is 0 Å². The summed E-state index contributed by atoms with van der Waals surface area (Å²) >= 11 is 0. The molecule has 1 aromatic carbocycles. The van der Waals surface area contributed by atoms with Gasteiger partial charge in [-0.2, -0.15) is 4.99 Å². The number of methoxy groups -OCH3 is 2. The zero-order valence-corrected chi connectivity index (χ0v) is 16.4. The van der Waals surface area contributed by atoms with Crippen LogP contribution in [0.25, 0.3) is 0 Å². The number of carbonyl (C=O) groups excluding carboxylic acids is 2. The fraction of sp³-hybridized carbons (Fsp3) is 0.316. The molecule has 10 heteroatoms. The van der Waals surface area contributed by atoms with Crippen molar-refractivity contribution in [1.82, 2.24) is 15.3 Å². The van der Waals surface area contributed by atoms with Crippen molar-refractivity contribution in [2.24, 2.45) is 4.99 Å². The molecule has 2 heterocycles. The molecule has 0 unspecified atom stereocenters. The summed E-state index contributed by atoms with van der Waals surface area (Å²) in [5.74, 6) is -1.08. The normalized spacial score (nSPS) is 17.8. The van der Waals surface area contributed by atoms with Gasteiger partial charge in [0.25, 0.3) is 5.95 Å². The van der Waals surface area contributed by atoms with Crippen LogP contribution in [0.15, 0.2) is 29.3 Å². The number of carboxylic acid groups (broad SMARTS) is 1. The van der Waals surface area contributed by atoms with Gasteiger partial charge in [0, 0.05) is 17.5 Å². The molecule has 1 aromatic heterocycles. The minimum atomic E-state index is -1.43. The monoisotopic (exact) mass is 398 g/mol. The Morgan fingerprint density at radius 1 is 1.21 bits per heavy atom. The number of benzene rings is 1. The maximum atomic E-state index is 12.2. The molecule has 1 fully saturated rings. The Morgan fingerprint density at radius 2 is 1.90 bits per heavy atom. The number of carboxylic acids is 1. The Kier molecular flexibility index (Phi) is 5.62. The molecule has 29 heavy (non-hydrogen) atoms. The molecular weight excluding hydrogens is 378 g/mol. The zero-order chi connectivity index (χ0) is 21.1. The number of anilines is 1. The third-order valence-electron chi connectivity index (χ3n) is 4.26. The molecule has 0 aliphatic carbocycles. The lowest BCUT2D eigenvalue weighted by Crippen LogP contribution is -2.61. The molecule has 0 spiro atoms. The van der Waals surface area contributed by atoms with Crippen molar-refractivity contribution < 1.29 is 24.2 Å². The minimum absolute atomic E-state index is 0.0491. The number of amides is 1. The first-order valence-electron chi connectivity index (χ1n) is 8.75. The number of hydrogen-bond donors (Lipinski definition) is 1. The van der Waals surface area contributed by atoms with Crippen LogP contribution in [0, 0.1) is 13.8 Å². The van der Waals surface area contributed by atoms with Gasteiger partial charge in [0.2, 0.25) is 11.9 Å². The lowest BCUT2D eigenvalue weighted by atomic mass is 10.1. The van der Waals surface area contributed by atoms with E-state index in [2.05, 4.69) is 20.3 Å². The second-order valence-corrected chi connectivity index (χ2v) is 6.38. The Labute approximate surface area is 167 Å². The molecular formula is C19H20N5O5-. The quantitative estimate of drug-likeness (QED) is 0.758. The van der Waals surface area contributed by atoms with Crippen molar-refractivity contribution in [3.05, 3.63) is 35.7 Å². The van der Waals surface area contributed by atoms with Crippen LogP contribution in [0.4, 0.5) is 11.6 Å². The van der Waals surface area contributed by atoms with Crippen LogP contribution in [0.1, 0.15) is 17.8 Å². The number of ether oxygens (including phenoxy) is 2. The zero-order valence-electron chi connectivity index (χ0n) is 16.4. The van der Waals surface area contributed by atoms with Crippen LogP contribution in [0.2, 0.25) is 0 Å². The predicted octanol–water partition coefficient (Wildman–Crippen LogP) is 0.243. The summed E-state index contributed by atoms with van der Waals surface area (Å²) in [7, 11) is 2.93. The summed E-state index contributed by atoms with van der Waals surface area (Å²) in [4.78, 5) is 38.1. The Bertz CT molecular complexity index is 971. The van der Waals surface area contributed by atoms with Gasteiger partial charge in [-0.3, -0.25) is 15.0 Å². The summed E-state index contributed by atoms with van der Waals surface area (Å²) in [6, 6.07) is 5.35. The number of carbonyl (C=O) groups is 2. The molecule has 0 bridgehead atoms. The average Bonchev–Trinajstić information content (AvgIpc) is 2.66. The van der Waals surface area contributed by atoms with Crippen LogP contribution >= 0.6 is 0 Å². The molecule has 10 nitrogen and oxygen atoms in total. The maximum absolute atomic E-state index is 12.2. The summed E-state index contributed by atoms with van der Waals surface area (Å²) in [6.45, 7) is 3.56. The van der Waals surface area contributed by atoms with E-state index in [9.17, 15) is 14.7 Å². The molecule has 152 valence electrons. The number of aryl methyl sites for hydroxylation is 2. The maximum Gasteiger partial charge on any atom is 0.253 e. The van der Waals surface area contributed by atoms with Crippen molar-refractivity contribution in [3.8, 4) is 11.5 Å². The molecule has 1 N–H and O–H groups in total. The molecule has 1 saturated heterocycles. The molecule has 3 rings (SSSR count). The number of aliphatic carboxylic acids is 1. The lowest BCUT2D eigenvalue weighted by molar-refractivity contribution is -0.307. The van der Waals surface area contributed by atoms with Crippen molar-refractivity contribution in [2.75, 3.05) is 19.1 Å². The first-order valence-corrected chi connectivity index (χ1v) is 8.75. The van der Waals surface area contributed by atoms with Gasteiger partial charge in [-0.25, -0.2) is 9.97 Å². The first kappa shape index (κ1) is 20.1. The van der Waals surface area contributed by atoms with E-state index in [1.54, 1.807) is 38.1 Å². The van der Waals surface area contributed by atoms with E-state index in [1.165, 1.54) is 19.1 Å². The number of hydrogen-bond acceptors (Lipinski definition) is 8. The Morgan fingerprint density at radius 3 is 2.48 bits per heavy atom. The van der Waals surface area contributed by atoms with E-state index in [4.69, 9.17) is 9.47 Å². The minimum Gasteiger partial charge on any atom is -0.548 e. The molecule has 1 aliphatic rings. The third-order valence-corrected chi connectivity index (χ3v) is 4.26. The summed E-state index contributed by atoms with van der Waals surface area (Å²) in [5.41, 5.74) is 1.70. The second kappa shape index (κ2) is 8.13. The van der Waals surface area contributed by atoms with Crippen LogP contribution < -0.4 is 24.8 Å². The number of rotatable bonds is 5. The highest BCUT2D eigenvalue weighted by atomic mass is 16.5. The van der Waals surface area contributed by atoms with Crippen molar-refractivity contribution in [1.29, 1.82) is 0 Å². The molecule has 1 aliphatic heterocycles. The van der Waals surface area contributed by atoms with Gasteiger partial charge in [-0.05, 0) is 32.0 Å². The van der Waals surface area contributed by atoms with E-state index in [-0.39, 0.29) is 18.3 Å². The van der Waals surface area contributed by atoms with Crippen LogP contribution in [-0.4, -0.2) is 48.1 Å². The number of aromatic nitrogens is 2. The van der Waals surface area contributed by atoms with Gasteiger partial charge < -0.3 is 19.4 Å². The highest BCUT2D eigenvalue weighted by Gasteiger charge is 2.35. The molecule has 1 amide bonds. The highest BCUT2D eigenvalue weighted by Crippen LogP contribution is 2.35. The van der Waals surface area contributed by atoms with E-state index >= 15 is 0 Å². The molecule has 0 radical (unpaired) electrons. The fourth-order valence-electron chi connectivity index (χ4n) is 3.04. The van der Waals surface area contributed by atoms with Gasteiger partial charge in [0.15, 0.2) is 0 Å². The largest absolute Gasteiger partial charge is 0.548 e. The van der Waals surface area contributed by atoms with Crippen molar-refractivity contribution in [3.63, 3.8) is 0 Å². The molecule has 1 atom stereocenters. The second-order valence-electron chi connectivity index (χ2n) is 6.38. The number of guanidine groups is 1. The highest BCUT2D eigenvalue weighted by molar-refractivity contribution is 6.13. The smallest absolute Gasteiger partial charge is 0.253 e. The van der Waals surface area contributed by atoms with Gasteiger partial charge in [0.05, 0.1) is 38.3 Å². The topological polar surface area (TPSA) is 129 Å². The van der Waals surface area contributed by atoms with E-state index in [0.717, 1.165) is 0 Å². The van der Waals surface area contributed by atoms with Crippen LogP contribution in [0.3, 0.4) is 0 Å². The van der Waals surface area contributed by atoms with Crippen LogP contribution in [0.5, 0.6) is 11.5 Å².